The molecule has 3 aromatic rings. The second kappa shape index (κ2) is 5.03. The lowest BCUT2D eigenvalue weighted by atomic mass is 10.2. The van der Waals surface area contributed by atoms with Crippen molar-refractivity contribution in [1.29, 1.82) is 0 Å². The van der Waals surface area contributed by atoms with Gasteiger partial charge >= 0.3 is 0 Å². The van der Waals surface area contributed by atoms with Crippen LogP contribution in [0.25, 0.3) is 16.7 Å². The first-order valence-corrected chi connectivity index (χ1v) is 6.53. The van der Waals surface area contributed by atoms with Crippen LogP contribution >= 0.6 is 11.6 Å². The van der Waals surface area contributed by atoms with Gasteiger partial charge in [-0.1, -0.05) is 29.8 Å². The molecule has 0 aliphatic rings. The van der Waals surface area contributed by atoms with E-state index in [0.717, 1.165) is 28.3 Å². The van der Waals surface area contributed by atoms with Crippen LogP contribution in [0, 0.1) is 0 Å². The summed E-state index contributed by atoms with van der Waals surface area (Å²) in [6, 6.07) is 14.1. The van der Waals surface area contributed by atoms with Crippen molar-refractivity contribution < 1.29 is 0 Å². The number of para-hydroxylation sites is 2. The summed E-state index contributed by atoms with van der Waals surface area (Å²) in [5.41, 5.74) is 4.15. The molecule has 0 saturated carbocycles. The van der Waals surface area contributed by atoms with Crippen LogP contribution in [-0.2, 0) is 6.54 Å². The molecule has 0 fully saturated rings. The van der Waals surface area contributed by atoms with E-state index in [0.29, 0.717) is 0 Å². The van der Waals surface area contributed by atoms with Gasteiger partial charge in [0.25, 0.3) is 0 Å². The van der Waals surface area contributed by atoms with Gasteiger partial charge in [-0.2, -0.15) is 0 Å². The summed E-state index contributed by atoms with van der Waals surface area (Å²) in [5.74, 6) is 0. The molecule has 0 bridgehead atoms. The van der Waals surface area contributed by atoms with Gasteiger partial charge in [0, 0.05) is 6.54 Å². The fourth-order valence-electron chi connectivity index (χ4n) is 2.21. The summed E-state index contributed by atoms with van der Waals surface area (Å²) in [4.78, 5) is 4.39. The zero-order chi connectivity index (χ0) is 13.2. The Morgan fingerprint density at radius 2 is 2.05 bits per heavy atom. The molecular formula is C15H14ClN3. The molecule has 0 atom stereocenters. The van der Waals surface area contributed by atoms with Gasteiger partial charge in [-0.3, -0.25) is 4.57 Å². The number of hydrogen-bond donors (Lipinski definition) is 1. The summed E-state index contributed by atoms with van der Waals surface area (Å²) < 4.78 is 2.01. The lowest BCUT2D eigenvalue weighted by Gasteiger charge is -2.09. The Labute approximate surface area is 116 Å². The van der Waals surface area contributed by atoms with Crippen molar-refractivity contribution in [3.63, 3.8) is 0 Å². The molecule has 2 aromatic carbocycles. The number of nitrogens with zero attached hydrogens (tertiary/aromatic N) is 2. The van der Waals surface area contributed by atoms with Crippen LogP contribution < -0.4 is 5.32 Å². The molecular weight excluding hydrogens is 258 g/mol. The van der Waals surface area contributed by atoms with Crippen LogP contribution in [0.4, 0.5) is 0 Å². The predicted molar refractivity (Wildman–Crippen MR) is 78.8 cm³/mol. The van der Waals surface area contributed by atoms with Crippen molar-refractivity contribution in [3.8, 4) is 5.69 Å². The lowest BCUT2D eigenvalue weighted by molar-refractivity contribution is 0.817. The minimum atomic E-state index is 0.732. The second-order valence-electron chi connectivity index (χ2n) is 4.42. The Balaban J connectivity index is 2.11. The lowest BCUT2D eigenvalue weighted by Crippen LogP contribution is -2.05. The Hall–Kier alpha value is -1.84. The van der Waals surface area contributed by atoms with Gasteiger partial charge in [0.1, 0.15) is 6.33 Å². The van der Waals surface area contributed by atoms with E-state index in [4.69, 9.17) is 11.6 Å². The molecule has 0 spiro atoms. The van der Waals surface area contributed by atoms with Crippen LogP contribution in [-0.4, -0.2) is 16.6 Å². The third-order valence-electron chi connectivity index (χ3n) is 3.11. The van der Waals surface area contributed by atoms with E-state index < -0.39 is 0 Å². The van der Waals surface area contributed by atoms with Crippen LogP contribution in [0.1, 0.15) is 5.56 Å². The van der Waals surface area contributed by atoms with Gasteiger partial charge in [-0.25, -0.2) is 4.98 Å². The quantitative estimate of drug-likeness (QED) is 0.791. The van der Waals surface area contributed by atoms with Gasteiger partial charge in [0.05, 0.1) is 21.7 Å². The van der Waals surface area contributed by atoms with Crippen molar-refractivity contribution in [1.82, 2.24) is 14.9 Å². The highest BCUT2D eigenvalue weighted by Crippen LogP contribution is 2.25. The van der Waals surface area contributed by atoms with E-state index in [-0.39, 0.29) is 0 Å². The third kappa shape index (κ3) is 2.23. The highest BCUT2D eigenvalue weighted by Gasteiger charge is 2.08. The molecule has 1 N–H and O–H groups in total. The highest BCUT2D eigenvalue weighted by atomic mass is 35.5. The fourth-order valence-corrected chi connectivity index (χ4v) is 2.51. The number of fused-ring (bicyclic) bond motifs is 1. The number of halogens is 1. The average molecular weight is 272 g/mol. The average Bonchev–Trinajstić information content (AvgIpc) is 2.83. The maximum Gasteiger partial charge on any atom is 0.100 e. The summed E-state index contributed by atoms with van der Waals surface area (Å²) in [7, 11) is 1.92. The molecule has 0 radical (unpaired) electrons. The SMILES string of the molecule is CNCc1ccc(-n2cnc3ccccc32)c(Cl)c1. The first kappa shape index (κ1) is 12.2. The Kier molecular flexibility index (Phi) is 3.23. The molecule has 0 amide bonds. The second-order valence-corrected chi connectivity index (χ2v) is 4.83. The van der Waals surface area contributed by atoms with E-state index in [9.17, 15) is 0 Å². The van der Waals surface area contributed by atoms with Gasteiger partial charge in [0.2, 0.25) is 0 Å². The zero-order valence-corrected chi connectivity index (χ0v) is 11.4. The summed E-state index contributed by atoms with van der Waals surface area (Å²) in [5, 5.41) is 3.85. The van der Waals surface area contributed by atoms with E-state index in [1.807, 2.05) is 54.3 Å². The molecule has 1 heterocycles. The monoisotopic (exact) mass is 271 g/mol. The van der Waals surface area contributed by atoms with Gasteiger partial charge in [0.15, 0.2) is 0 Å². The Bertz CT molecular complexity index is 718. The van der Waals surface area contributed by atoms with Gasteiger partial charge < -0.3 is 5.32 Å². The van der Waals surface area contributed by atoms with Crippen molar-refractivity contribution >= 4 is 22.6 Å². The standard InChI is InChI=1S/C15H14ClN3/c1-17-9-11-6-7-14(12(16)8-11)19-10-18-13-4-2-3-5-15(13)19/h2-8,10,17H,9H2,1H3. The number of aromatic nitrogens is 2. The summed E-state index contributed by atoms with van der Waals surface area (Å²) in [6.45, 7) is 0.810. The molecule has 4 heteroatoms. The number of benzene rings is 2. The molecule has 0 aliphatic carbocycles. The number of rotatable bonds is 3. The molecule has 3 rings (SSSR count). The largest absolute Gasteiger partial charge is 0.316 e. The van der Waals surface area contributed by atoms with Crippen molar-refractivity contribution in [3.05, 3.63) is 59.4 Å². The van der Waals surface area contributed by atoms with E-state index >= 15 is 0 Å². The molecule has 96 valence electrons. The predicted octanol–water partition coefficient (Wildman–Crippen LogP) is 3.40. The van der Waals surface area contributed by atoms with Crippen LogP contribution in [0.2, 0.25) is 5.02 Å². The van der Waals surface area contributed by atoms with E-state index in [1.165, 1.54) is 5.56 Å². The smallest absolute Gasteiger partial charge is 0.100 e. The first-order valence-electron chi connectivity index (χ1n) is 6.15. The molecule has 3 nitrogen and oxygen atoms in total. The normalized spacial score (nSPS) is 11.1. The fraction of sp³-hybridized carbons (Fsp3) is 0.133. The van der Waals surface area contributed by atoms with E-state index in [1.54, 1.807) is 0 Å². The van der Waals surface area contributed by atoms with Crippen molar-refractivity contribution in [2.45, 2.75) is 6.54 Å². The maximum atomic E-state index is 6.38. The van der Waals surface area contributed by atoms with Crippen LogP contribution in [0.3, 0.4) is 0 Å². The van der Waals surface area contributed by atoms with Crippen LogP contribution in [0.15, 0.2) is 48.8 Å². The van der Waals surface area contributed by atoms with Gasteiger partial charge in [-0.05, 0) is 36.9 Å². The Morgan fingerprint density at radius 1 is 1.21 bits per heavy atom. The number of imidazole rings is 1. The maximum absolute atomic E-state index is 6.38. The number of hydrogen-bond acceptors (Lipinski definition) is 2. The minimum absolute atomic E-state index is 0.732. The molecule has 0 unspecified atom stereocenters. The first-order chi connectivity index (χ1) is 9.29. The van der Waals surface area contributed by atoms with Crippen LogP contribution in [0.5, 0.6) is 0 Å². The zero-order valence-electron chi connectivity index (χ0n) is 10.6. The molecule has 19 heavy (non-hydrogen) atoms. The third-order valence-corrected chi connectivity index (χ3v) is 3.41. The Morgan fingerprint density at radius 3 is 2.84 bits per heavy atom. The summed E-state index contributed by atoms with van der Waals surface area (Å²) in [6.07, 6.45) is 1.81. The summed E-state index contributed by atoms with van der Waals surface area (Å²) >= 11 is 6.38. The highest BCUT2D eigenvalue weighted by molar-refractivity contribution is 6.32. The van der Waals surface area contributed by atoms with Crippen molar-refractivity contribution in [2.24, 2.45) is 0 Å². The van der Waals surface area contributed by atoms with E-state index in [2.05, 4.69) is 16.4 Å². The topological polar surface area (TPSA) is 29.9 Å². The van der Waals surface area contributed by atoms with Crippen molar-refractivity contribution in [2.75, 3.05) is 7.05 Å². The minimum Gasteiger partial charge on any atom is -0.316 e. The molecule has 0 aliphatic heterocycles. The molecule has 0 saturated heterocycles. The van der Waals surface area contributed by atoms with Gasteiger partial charge in [-0.15, -0.1) is 0 Å². The molecule has 1 aromatic heterocycles. The number of nitrogens with one attached hydrogen (secondary N) is 1.